The van der Waals surface area contributed by atoms with Gasteiger partial charge in [-0.05, 0) is 42.6 Å². The van der Waals surface area contributed by atoms with Gasteiger partial charge in [0.2, 0.25) is 0 Å². The van der Waals surface area contributed by atoms with Gasteiger partial charge in [-0.2, -0.15) is 0 Å². The summed E-state index contributed by atoms with van der Waals surface area (Å²) >= 11 is 1.00. The minimum atomic E-state index is -0.313. The Labute approximate surface area is 201 Å². The van der Waals surface area contributed by atoms with Gasteiger partial charge >= 0.3 is 0 Å². The maximum absolute atomic E-state index is 13.0. The Morgan fingerprint density at radius 2 is 1.71 bits per heavy atom. The van der Waals surface area contributed by atoms with Gasteiger partial charge in [-0.25, -0.2) is 9.97 Å². The number of carbonyl (C=O) groups is 3. The summed E-state index contributed by atoms with van der Waals surface area (Å²) in [7, 11) is 0. The molecule has 2 aromatic carbocycles. The van der Waals surface area contributed by atoms with Crippen molar-refractivity contribution in [1.82, 2.24) is 14.9 Å². The molecule has 1 aromatic heterocycles. The van der Waals surface area contributed by atoms with E-state index in [2.05, 4.69) is 14.9 Å². The monoisotopic (exact) mass is 476 g/mol. The van der Waals surface area contributed by atoms with Crippen LogP contribution in [0.1, 0.15) is 39.3 Å². The second kappa shape index (κ2) is 9.52. The fourth-order valence-corrected chi connectivity index (χ4v) is 5.12. The zero-order valence-electron chi connectivity index (χ0n) is 18.8. The Morgan fingerprint density at radius 1 is 1.03 bits per heavy atom. The number of amides is 2. The summed E-state index contributed by atoms with van der Waals surface area (Å²) in [4.78, 5) is 50.9. The van der Waals surface area contributed by atoms with E-state index in [1.807, 2.05) is 37.3 Å². The molecule has 1 fully saturated rings. The number of ether oxygens (including phenoxy) is 1. The molecule has 0 radical (unpaired) electrons. The number of benzene rings is 2. The first-order valence-electron chi connectivity index (χ1n) is 11.3. The second-order valence-electron chi connectivity index (χ2n) is 8.30. The minimum absolute atomic E-state index is 0.0991. The molecule has 174 valence electrons. The van der Waals surface area contributed by atoms with Crippen molar-refractivity contribution in [2.24, 2.45) is 0 Å². The highest BCUT2D eigenvalue weighted by Crippen LogP contribution is 2.30. The first-order chi connectivity index (χ1) is 16.5. The highest BCUT2D eigenvalue weighted by atomic mass is 32.2. The molecule has 8 nitrogen and oxygen atoms in total. The molecule has 9 heteroatoms. The summed E-state index contributed by atoms with van der Waals surface area (Å²) < 4.78 is 5.39. The van der Waals surface area contributed by atoms with Crippen LogP contribution < -0.4 is 4.90 Å². The highest BCUT2D eigenvalue weighted by molar-refractivity contribution is 8.13. The fraction of sp³-hybridized carbons (Fsp3) is 0.320. The van der Waals surface area contributed by atoms with Crippen LogP contribution in [0.2, 0.25) is 0 Å². The largest absolute Gasteiger partial charge is 0.378 e. The zero-order chi connectivity index (χ0) is 23.7. The lowest BCUT2D eigenvalue weighted by Gasteiger charge is -2.28. The molecule has 0 N–H and O–H groups in total. The molecule has 2 aliphatic heterocycles. The second-order valence-corrected chi connectivity index (χ2v) is 9.32. The Morgan fingerprint density at radius 3 is 2.38 bits per heavy atom. The molecular formula is C25H24N4O4S. The van der Waals surface area contributed by atoms with E-state index in [4.69, 9.17) is 4.74 Å². The number of morpholine rings is 1. The molecule has 3 heterocycles. The van der Waals surface area contributed by atoms with Gasteiger partial charge in [-0.15, -0.1) is 0 Å². The lowest BCUT2D eigenvalue weighted by molar-refractivity contribution is -0.111. The van der Waals surface area contributed by atoms with Crippen LogP contribution in [0.5, 0.6) is 0 Å². The van der Waals surface area contributed by atoms with E-state index in [-0.39, 0.29) is 29.9 Å². The Kier molecular flexibility index (Phi) is 6.30. The number of hydrogen-bond donors (Lipinski definition) is 0. The molecule has 0 bridgehead atoms. The third-order valence-corrected chi connectivity index (χ3v) is 6.78. The van der Waals surface area contributed by atoms with E-state index in [9.17, 15) is 14.4 Å². The normalized spacial score (nSPS) is 15.8. The van der Waals surface area contributed by atoms with Crippen LogP contribution in [0.3, 0.4) is 0 Å². The molecule has 0 saturated carbocycles. The number of rotatable bonds is 6. The summed E-state index contributed by atoms with van der Waals surface area (Å²) in [5.41, 5.74) is 1.85. The smallest absolute Gasteiger partial charge is 0.261 e. The number of aromatic nitrogens is 2. The van der Waals surface area contributed by atoms with Gasteiger partial charge in [-0.1, -0.05) is 24.3 Å². The SMILES string of the molecule is Cc1cc(N2CCOCC2)nc(SC(=O)CCCN2C(=O)c3cccc4cccc(c34)C2=O)n1. The number of anilines is 1. The van der Waals surface area contributed by atoms with E-state index in [1.54, 1.807) is 12.1 Å². The molecular weight excluding hydrogens is 452 g/mol. The number of imide groups is 1. The van der Waals surface area contributed by atoms with Gasteiger partial charge in [-0.3, -0.25) is 19.3 Å². The Hall–Kier alpha value is -3.30. The van der Waals surface area contributed by atoms with Gasteiger partial charge in [0.1, 0.15) is 5.82 Å². The minimum Gasteiger partial charge on any atom is -0.378 e. The van der Waals surface area contributed by atoms with Gasteiger partial charge in [0.25, 0.3) is 11.8 Å². The van der Waals surface area contributed by atoms with Crippen molar-refractivity contribution in [2.45, 2.75) is 24.9 Å². The number of nitrogens with zero attached hydrogens (tertiary/aromatic N) is 4. The van der Waals surface area contributed by atoms with Gasteiger partial charge in [0.15, 0.2) is 10.3 Å². The maximum atomic E-state index is 13.0. The predicted molar refractivity (Wildman–Crippen MR) is 129 cm³/mol. The lowest BCUT2D eigenvalue weighted by atomic mass is 9.94. The van der Waals surface area contributed by atoms with Crippen molar-refractivity contribution < 1.29 is 19.1 Å². The van der Waals surface area contributed by atoms with Crippen molar-refractivity contribution in [2.75, 3.05) is 37.7 Å². The standard InChI is InChI=1S/C25H24N4O4S/c1-16-15-20(28-11-13-33-14-12-28)27-25(26-16)34-21(30)9-4-10-29-23(31)18-7-2-5-17-6-3-8-19(22(17)18)24(29)32/h2-3,5-8,15H,4,9-14H2,1H3. The predicted octanol–water partition coefficient (Wildman–Crippen LogP) is 3.47. The first-order valence-corrected chi connectivity index (χ1v) is 12.1. The molecule has 1 saturated heterocycles. The zero-order valence-corrected chi connectivity index (χ0v) is 19.6. The molecule has 2 aliphatic rings. The highest BCUT2D eigenvalue weighted by Gasteiger charge is 2.32. The van der Waals surface area contributed by atoms with Crippen LogP contribution in [0.15, 0.2) is 47.6 Å². The van der Waals surface area contributed by atoms with Crippen LogP contribution in [-0.4, -0.2) is 64.6 Å². The van der Waals surface area contributed by atoms with Crippen molar-refractivity contribution in [3.8, 4) is 0 Å². The Bertz CT molecular complexity index is 1240. The number of thioether (sulfide) groups is 1. The summed E-state index contributed by atoms with van der Waals surface area (Å²) in [6.45, 7) is 4.87. The first kappa shape index (κ1) is 22.5. The average Bonchev–Trinajstić information content (AvgIpc) is 2.84. The number of hydrogen-bond acceptors (Lipinski definition) is 8. The van der Waals surface area contributed by atoms with Crippen LogP contribution in [-0.2, 0) is 9.53 Å². The summed E-state index contributed by atoms with van der Waals surface area (Å²) in [5, 5.41) is 1.89. The third-order valence-electron chi connectivity index (χ3n) is 5.98. The van der Waals surface area contributed by atoms with Crippen molar-refractivity contribution in [1.29, 1.82) is 0 Å². The molecule has 3 aromatic rings. The summed E-state index contributed by atoms with van der Waals surface area (Å²) in [5.74, 6) is 0.168. The average molecular weight is 477 g/mol. The van der Waals surface area contributed by atoms with Crippen LogP contribution in [0.4, 0.5) is 5.82 Å². The molecule has 0 unspecified atom stereocenters. The summed E-state index contributed by atoms with van der Waals surface area (Å²) in [6.07, 6.45) is 0.585. The fourth-order valence-electron chi connectivity index (χ4n) is 4.34. The summed E-state index contributed by atoms with van der Waals surface area (Å²) in [6, 6.07) is 12.8. The van der Waals surface area contributed by atoms with E-state index in [0.717, 1.165) is 41.7 Å². The quantitative estimate of drug-likeness (QED) is 0.303. The molecule has 2 amide bonds. The van der Waals surface area contributed by atoms with Gasteiger partial charge < -0.3 is 9.64 Å². The van der Waals surface area contributed by atoms with E-state index in [1.165, 1.54) is 4.90 Å². The van der Waals surface area contributed by atoms with Crippen LogP contribution in [0, 0.1) is 6.92 Å². The molecule has 5 rings (SSSR count). The van der Waals surface area contributed by atoms with E-state index >= 15 is 0 Å². The number of carbonyl (C=O) groups excluding carboxylic acids is 3. The van der Waals surface area contributed by atoms with E-state index < -0.39 is 0 Å². The Balaban J connectivity index is 1.22. The lowest BCUT2D eigenvalue weighted by Crippen LogP contribution is -2.41. The van der Waals surface area contributed by atoms with Crippen molar-refractivity contribution in [3.63, 3.8) is 0 Å². The van der Waals surface area contributed by atoms with Crippen molar-refractivity contribution in [3.05, 3.63) is 59.3 Å². The van der Waals surface area contributed by atoms with Crippen LogP contribution >= 0.6 is 11.8 Å². The molecule has 0 spiro atoms. The topological polar surface area (TPSA) is 92.7 Å². The number of aryl methyl sites for hydroxylation is 1. The third kappa shape index (κ3) is 4.41. The van der Waals surface area contributed by atoms with Crippen molar-refractivity contribution >= 4 is 45.3 Å². The maximum Gasteiger partial charge on any atom is 0.261 e. The van der Waals surface area contributed by atoms with Gasteiger partial charge in [0.05, 0.1) is 13.2 Å². The molecule has 34 heavy (non-hydrogen) atoms. The van der Waals surface area contributed by atoms with Gasteiger partial charge in [0, 0.05) is 54.3 Å². The molecule has 0 aliphatic carbocycles. The van der Waals surface area contributed by atoms with E-state index in [0.29, 0.717) is 41.3 Å². The molecule has 0 atom stereocenters. The van der Waals surface area contributed by atoms with Crippen LogP contribution in [0.25, 0.3) is 10.8 Å².